The number of benzene rings is 1. The number of carbonyl (C=O) groups excluding carboxylic acids is 1. The topological polar surface area (TPSA) is 46.5 Å². The molecule has 0 amide bonds. The number of aliphatic hydroxyl groups excluding tert-OH is 1. The van der Waals surface area contributed by atoms with Crippen molar-refractivity contribution in [1.29, 1.82) is 0 Å². The van der Waals surface area contributed by atoms with E-state index in [1.54, 1.807) is 0 Å². The minimum absolute atomic E-state index is 0.193. The molecule has 0 aliphatic rings. The minimum atomic E-state index is -0.408. The monoisotopic (exact) mass is 222 g/mol. The largest absolute Gasteiger partial charge is 0.493 e. The van der Waals surface area contributed by atoms with Crippen molar-refractivity contribution < 1.29 is 14.6 Å². The fourth-order valence-electron chi connectivity index (χ4n) is 1.44. The number of hydrogen-bond donors (Lipinski definition) is 1. The van der Waals surface area contributed by atoms with Crippen molar-refractivity contribution in [3.63, 3.8) is 0 Å². The van der Waals surface area contributed by atoms with Gasteiger partial charge in [0, 0.05) is 6.42 Å². The molecule has 0 spiro atoms. The molecule has 0 atom stereocenters. The summed E-state index contributed by atoms with van der Waals surface area (Å²) in [5.74, 6) is 1.02. The summed E-state index contributed by atoms with van der Waals surface area (Å²) in [6.07, 6.45) is 0.253. The van der Waals surface area contributed by atoms with E-state index in [0.717, 1.165) is 11.3 Å². The summed E-state index contributed by atoms with van der Waals surface area (Å²) in [6.45, 7) is 4.11. The van der Waals surface area contributed by atoms with Crippen molar-refractivity contribution in [2.75, 3.05) is 13.2 Å². The lowest BCUT2D eigenvalue weighted by Gasteiger charge is -2.13. The SMILES string of the molecule is CC(C)c1ccccc1OCCC(=O)CO. The number of carbonyl (C=O) groups is 1. The molecule has 3 nitrogen and oxygen atoms in total. The standard InChI is InChI=1S/C13H18O3/c1-10(2)12-5-3-4-6-13(12)16-8-7-11(15)9-14/h3-6,10,14H,7-9H2,1-2H3. The van der Waals surface area contributed by atoms with Gasteiger partial charge < -0.3 is 9.84 Å². The average Bonchev–Trinajstić information content (AvgIpc) is 2.29. The molecule has 0 radical (unpaired) electrons. The van der Waals surface area contributed by atoms with Gasteiger partial charge in [-0.3, -0.25) is 4.79 Å². The molecule has 0 heterocycles. The number of para-hydroxylation sites is 1. The van der Waals surface area contributed by atoms with E-state index in [4.69, 9.17) is 9.84 Å². The third kappa shape index (κ3) is 3.66. The van der Waals surface area contributed by atoms with Crippen LogP contribution in [0.1, 0.15) is 31.7 Å². The summed E-state index contributed by atoms with van der Waals surface area (Å²) in [7, 11) is 0. The van der Waals surface area contributed by atoms with E-state index in [0.29, 0.717) is 12.5 Å². The van der Waals surface area contributed by atoms with E-state index in [1.165, 1.54) is 0 Å². The summed E-state index contributed by atoms with van der Waals surface area (Å²) in [4.78, 5) is 10.9. The summed E-state index contributed by atoms with van der Waals surface area (Å²) >= 11 is 0. The normalized spacial score (nSPS) is 10.5. The lowest BCUT2D eigenvalue weighted by Crippen LogP contribution is -2.10. The molecule has 1 aromatic rings. The second kappa shape index (κ2) is 6.28. The van der Waals surface area contributed by atoms with Gasteiger partial charge in [0.25, 0.3) is 0 Å². The second-order valence-corrected chi connectivity index (χ2v) is 3.99. The first-order valence-electron chi connectivity index (χ1n) is 5.49. The van der Waals surface area contributed by atoms with E-state index in [9.17, 15) is 4.79 Å². The Balaban J connectivity index is 2.56. The third-order valence-corrected chi connectivity index (χ3v) is 2.36. The fraction of sp³-hybridized carbons (Fsp3) is 0.462. The number of ketones is 1. The van der Waals surface area contributed by atoms with Crippen LogP contribution in [0, 0.1) is 0 Å². The molecule has 88 valence electrons. The maximum atomic E-state index is 10.9. The summed E-state index contributed by atoms with van der Waals surface area (Å²) < 4.78 is 5.54. The molecular weight excluding hydrogens is 204 g/mol. The quantitative estimate of drug-likeness (QED) is 0.802. The van der Waals surface area contributed by atoms with Crippen molar-refractivity contribution in [2.24, 2.45) is 0 Å². The maximum Gasteiger partial charge on any atom is 0.161 e. The van der Waals surface area contributed by atoms with Gasteiger partial charge in [-0.15, -0.1) is 0 Å². The highest BCUT2D eigenvalue weighted by atomic mass is 16.5. The Bertz CT molecular complexity index is 345. The van der Waals surface area contributed by atoms with Crippen LogP contribution in [-0.4, -0.2) is 24.1 Å². The molecule has 1 rings (SSSR count). The minimum Gasteiger partial charge on any atom is -0.493 e. The highest BCUT2D eigenvalue weighted by molar-refractivity contribution is 5.79. The van der Waals surface area contributed by atoms with Crippen LogP contribution >= 0.6 is 0 Å². The fourth-order valence-corrected chi connectivity index (χ4v) is 1.44. The Morgan fingerprint density at radius 3 is 2.69 bits per heavy atom. The Hall–Kier alpha value is -1.35. The highest BCUT2D eigenvalue weighted by Gasteiger charge is 2.07. The molecule has 0 saturated heterocycles. The summed E-state index contributed by atoms with van der Waals surface area (Å²) in [5, 5.41) is 8.57. The van der Waals surface area contributed by atoms with Gasteiger partial charge in [0.2, 0.25) is 0 Å². The van der Waals surface area contributed by atoms with Crippen LogP contribution in [-0.2, 0) is 4.79 Å². The molecule has 3 heteroatoms. The molecule has 0 aliphatic carbocycles. The Labute approximate surface area is 96.1 Å². The zero-order chi connectivity index (χ0) is 12.0. The molecule has 0 aliphatic heterocycles. The Morgan fingerprint density at radius 2 is 2.06 bits per heavy atom. The van der Waals surface area contributed by atoms with Gasteiger partial charge in [-0.25, -0.2) is 0 Å². The number of rotatable bonds is 6. The third-order valence-electron chi connectivity index (χ3n) is 2.36. The smallest absolute Gasteiger partial charge is 0.161 e. The van der Waals surface area contributed by atoms with E-state index >= 15 is 0 Å². The van der Waals surface area contributed by atoms with Gasteiger partial charge in [0.05, 0.1) is 6.61 Å². The molecule has 0 saturated carbocycles. The van der Waals surface area contributed by atoms with Gasteiger partial charge in [-0.05, 0) is 17.5 Å². The van der Waals surface area contributed by atoms with E-state index in [1.807, 2.05) is 24.3 Å². The lowest BCUT2D eigenvalue weighted by molar-refractivity contribution is -0.122. The van der Waals surface area contributed by atoms with Gasteiger partial charge >= 0.3 is 0 Å². The van der Waals surface area contributed by atoms with Gasteiger partial charge in [0.15, 0.2) is 5.78 Å². The zero-order valence-corrected chi connectivity index (χ0v) is 9.77. The molecule has 0 fully saturated rings. The van der Waals surface area contributed by atoms with Crippen molar-refractivity contribution in [3.05, 3.63) is 29.8 Å². The number of Topliss-reactive ketones (excluding diaryl/α,β-unsaturated/α-hetero) is 1. The van der Waals surface area contributed by atoms with Crippen LogP contribution in [0.5, 0.6) is 5.75 Å². The van der Waals surface area contributed by atoms with Crippen molar-refractivity contribution in [3.8, 4) is 5.75 Å². The lowest BCUT2D eigenvalue weighted by atomic mass is 10.0. The van der Waals surface area contributed by atoms with Crippen LogP contribution in [0.25, 0.3) is 0 Å². The van der Waals surface area contributed by atoms with Crippen LogP contribution in [0.4, 0.5) is 0 Å². The Morgan fingerprint density at radius 1 is 1.38 bits per heavy atom. The second-order valence-electron chi connectivity index (χ2n) is 3.99. The molecule has 0 aromatic heterocycles. The predicted molar refractivity (Wildman–Crippen MR) is 62.7 cm³/mol. The molecule has 1 aromatic carbocycles. The first-order chi connectivity index (χ1) is 7.65. The zero-order valence-electron chi connectivity index (χ0n) is 9.77. The van der Waals surface area contributed by atoms with E-state index in [-0.39, 0.29) is 12.2 Å². The summed E-state index contributed by atoms with van der Waals surface area (Å²) in [6, 6.07) is 7.81. The number of aliphatic hydroxyl groups is 1. The molecule has 0 bridgehead atoms. The van der Waals surface area contributed by atoms with Gasteiger partial charge in [-0.1, -0.05) is 32.0 Å². The van der Waals surface area contributed by atoms with Crippen LogP contribution < -0.4 is 4.74 Å². The summed E-state index contributed by atoms with van der Waals surface area (Å²) in [5.41, 5.74) is 1.14. The predicted octanol–water partition coefficient (Wildman–Crippen LogP) is 2.14. The first kappa shape index (κ1) is 12.7. The average molecular weight is 222 g/mol. The van der Waals surface area contributed by atoms with Crippen LogP contribution in [0.2, 0.25) is 0 Å². The highest BCUT2D eigenvalue weighted by Crippen LogP contribution is 2.25. The number of ether oxygens (including phenoxy) is 1. The molecule has 1 N–H and O–H groups in total. The van der Waals surface area contributed by atoms with Gasteiger partial charge in [-0.2, -0.15) is 0 Å². The first-order valence-corrected chi connectivity index (χ1v) is 5.49. The maximum absolute atomic E-state index is 10.9. The Kier molecular flexibility index (Phi) is 4.99. The van der Waals surface area contributed by atoms with Crippen molar-refractivity contribution in [2.45, 2.75) is 26.2 Å². The van der Waals surface area contributed by atoms with E-state index in [2.05, 4.69) is 13.8 Å². The van der Waals surface area contributed by atoms with Crippen molar-refractivity contribution in [1.82, 2.24) is 0 Å². The van der Waals surface area contributed by atoms with E-state index < -0.39 is 6.61 Å². The van der Waals surface area contributed by atoms with Crippen LogP contribution in [0.15, 0.2) is 24.3 Å². The molecule has 0 unspecified atom stereocenters. The van der Waals surface area contributed by atoms with Gasteiger partial charge in [0.1, 0.15) is 12.4 Å². The van der Waals surface area contributed by atoms with Crippen molar-refractivity contribution >= 4 is 5.78 Å². The number of hydrogen-bond acceptors (Lipinski definition) is 3. The molecule has 16 heavy (non-hydrogen) atoms. The molecular formula is C13H18O3. The van der Waals surface area contributed by atoms with Crippen LogP contribution in [0.3, 0.4) is 0 Å².